The Hall–Kier alpha value is -2.97. The number of nitrogens with one attached hydrogen (secondary N) is 2. The van der Waals surface area contributed by atoms with Crippen LogP contribution in [0.5, 0.6) is 0 Å². The van der Waals surface area contributed by atoms with Crippen LogP contribution >= 0.6 is 0 Å². The van der Waals surface area contributed by atoms with E-state index in [1.165, 1.54) is 7.11 Å². The van der Waals surface area contributed by atoms with Crippen LogP contribution in [0.25, 0.3) is 0 Å². The summed E-state index contributed by atoms with van der Waals surface area (Å²) in [6, 6.07) is 7.45. The molecule has 2 rings (SSSR count). The smallest absolute Gasteiger partial charge is 0.411 e. The van der Waals surface area contributed by atoms with E-state index in [0.717, 1.165) is 18.1 Å². The second-order valence-corrected chi connectivity index (χ2v) is 6.16. The van der Waals surface area contributed by atoms with Gasteiger partial charge < -0.3 is 24.6 Å². The number of methoxy groups -OCH3 is 1. The van der Waals surface area contributed by atoms with Gasteiger partial charge in [0.15, 0.2) is 5.96 Å². The first-order valence-corrected chi connectivity index (χ1v) is 9.46. The summed E-state index contributed by atoms with van der Waals surface area (Å²) in [5, 5.41) is 5.92. The van der Waals surface area contributed by atoms with E-state index in [9.17, 15) is 9.59 Å². The molecule has 2 N–H and O–H groups in total. The maximum absolute atomic E-state index is 11.8. The molecule has 0 atom stereocenters. The lowest BCUT2D eigenvalue weighted by Crippen LogP contribution is -2.53. The molecule has 9 nitrogen and oxygen atoms in total. The van der Waals surface area contributed by atoms with Gasteiger partial charge in [-0.1, -0.05) is 12.1 Å². The number of anilines is 1. The standard InChI is InChI=1S/C19H29N5O4/c1-4-20-17(23-10-12-24(13-11-23)19(26)28-5-2)21-14-15-6-8-16(9-7-15)22-18(25)27-3/h6-9H,4-5,10-14H2,1-3H3,(H,20,21)(H,22,25). The maximum atomic E-state index is 11.8. The predicted octanol–water partition coefficient (Wildman–Crippen LogP) is 2.10. The third-order valence-electron chi connectivity index (χ3n) is 4.24. The average molecular weight is 391 g/mol. The van der Waals surface area contributed by atoms with Gasteiger partial charge in [0.1, 0.15) is 0 Å². The second kappa shape index (κ2) is 11.0. The number of nitrogens with zero attached hydrogens (tertiary/aromatic N) is 3. The second-order valence-electron chi connectivity index (χ2n) is 6.16. The van der Waals surface area contributed by atoms with E-state index in [0.29, 0.717) is 45.0 Å². The molecule has 28 heavy (non-hydrogen) atoms. The van der Waals surface area contributed by atoms with Crippen LogP contribution in [-0.2, 0) is 16.0 Å². The fraction of sp³-hybridized carbons (Fsp3) is 0.526. The van der Waals surface area contributed by atoms with Crippen LogP contribution in [0.15, 0.2) is 29.3 Å². The van der Waals surface area contributed by atoms with E-state index in [-0.39, 0.29) is 6.09 Å². The summed E-state index contributed by atoms with van der Waals surface area (Å²) in [6.07, 6.45) is -0.757. The van der Waals surface area contributed by atoms with E-state index in [1.807, 2.05) is 38.1 Å². The van der Waals surface area contributed by atoms with Gasteiger partial charge in [0.25, 0.3) is 0 Å². The summed E-state index contributed by atoms with van der Waals surface area (Å²) in [5.41, 5.74) is 1.69. The van der Waals surface area contributed by atoms with Gasteiger partial charge in [-0.2, -0.15) is 0 Å². The van der Waals surface area contributed by atoms with E-state index >= 15 is 0 Å². The Morgan fingerprint density at radius 2 is 1.71 bits per heavy atom. The lowest BCUT2D eigenvalue weighted by Gasteiger charge is -2.35. The third-order valence-corrected chi connectivity index (χ3v) is 4.24. The van der Waals surface area contributed by atoms with Crippen LogP contribution in [0.4, 0.5) is 15.3 Å². The molecular weight excluding hydrogens is 362 g/mol. The van der Waals surface area contributed by atoms with Crippen molar-refractivity contribution in [1.82, 2.24) is 15.1 Å². The fourth-order valence-corrected chi connectivity index (χ4v) is 2.77. The summed E-state index contributed by atoms with van der Waals surface area (Å²) in [5.74, 6) is 0.822. The van der Waals surface area contributed by atoms with E-state index in [1.54, 1.807) is 4.90 Å². The van der Waals surface area contributed by atoms with Gasteiger partial charge in [0.2, 0.25) is 0 Å². The quantitative estimate of drug-likeness (QED) is 0.590. The molecule has 0 radical (unpaired) electrons. The van der Waals surface area contributed by atoms with Crippen molar-refractivity contribution in [2.75, 3.05) is 51.8 Å². The minimum absolute atomic E-state index is 0.259. The number of piperazine rings is 1. The zero-order valence-corrected chi connectivity index (χ0v) is 16.7. The van der Waals surface area contributed by atoms with Crippen molar-refractivity contribution in [3.8, 4) is 0 Å². The van der Waals surface area contributed by atoms with E-state index in [2.05, 4.69) is 20.3 Å². The topological polar surface area (TPSA) is 95.5 Å². The monoisotopic (exact) mass is 391 g/mol. The van der Waals surface area contributed by atoms with Gasteiger partial charge >= 0.3 is 12.2 Å². The molecule has 1 aliphatic rings. The minimum atomic E-state index is -0.498. The largest absolute Gasteiger partial charge is 0.453 e. The van der Waals surface area contributed by atoms with Gasteiger partial charge in [-0.15, -0.1) is 0 Å². The Morgan fingerprint density at radius 3 is 2.29 bits per heavy atom. The van der Waals surface area contributed by atoms with Crippen LogP contribution in [0.2, 0.25) is 0 Å². The number of carbonyl (C=O) groups is 2. The Balaban J connectivity index is 1.93. The highest BCUT2D eigenvalue weighted by molar-refractivity contribution is 5.84. The molecule has 1 aromatic rings. The molecule has 9 heteroatoms. The molecule has 0 saturated carbocycles. The lowest BCUT2D eigenvalue weighted by atomic mass is 10.2. The zero-order chi connectivity index (χ0) is 20.4. The van der Waals surface area contributed by atoms with Crippen LogP contribution in [0.3, 0.4) is 0 Å². The number of benzene rings is 1. The number of rotatable bonds is 5. The van der Waals surface area contributed by atoms with Gasteiger partial charge in [-0.25, -0.2) is 14.6 Å². The number of guanidine groups is 1. The lowest BCUT2D eigenvalue weighted by molar-refractivity contribution is 0.0914. The summed E-state index contributed by atoms with van der Waals surface area (Å²) >= 11 is 0. The molecular formula is C19H29N5O4. The van der Waals surface area contributed by atoms with Gasteiger partial charge in [-0.05, 0) is 31.5 Å². The summed E-state index contributed by atoms with van der Waals surface area (Å²) < 4.78 is 9.63. The van der Waals surface area contributed by atoms with Gasteiger partial charge in [0.05, 0.1) is 20.3 Å². The number of amides is 2. The van der Waals surface area contributed by atoms with Crippen LogP contribution < -0.4 is 10.6 Å². The van der Waals surface area contributed by atoms with Crippen LogP contribution in [0, 0.1) is 0 Å². The Kier molecular flexibility index (Phi) is 8.38. The van der Waals surface area contributed by atoms with Crippen LogP contribution in [0.1, 0.15) is 19.4 Å². The van der Waals surface area contributed by atoms with E-state index in [4.69, 9.17) is 9.73 Å². The summed E-state index contributed by atoms with van der Waals surface area (Å²) in [7, 11) is 1.33. The zero-order valence-electron chi connectivity index (χ0n) is 16.7. The van der Waals surface area contributed by atoms with Crippen molar-refractivity contribution < 1.29 is 19.1 Å². The van der Waals surface area contributed by atoms with Crippen molar-refractivity contribution in [3.05, 3.63) is 29.8 Å². The van der Waals surface area contributed by atoms with Crippen molar-refractivity contribution in [2.45, 2.75) is 20.4 Å². The van der Waals surface area contributed by atoms with Crippen molar-refractivity contribution in [3.63, 3.8) is 0 Å². The Labute approximate surface area is 165 Å². The number of ether oxygens (including phenoxy) is 2. The first-order valence-electron chi connectivity index (χ1n) is 9.46. The van der Waals surface area contributed by atoms with Gasteiger partial charge in [-0.3, -0.25) is 5.32 Å². The molecule has 1 saturated heterocycles. The molecule has 0 aliphatic carbocycles. The molecule has 0 spiro atoms. The van der Waals surface area contributed by atoms with Crippen molar-refractivity contribution in [2.24, 2.45) is 4.99 Å². The first kappa shape index (κ1) is 21.3. The molecule has 1 aliphatic heterocycles. The molecule has 2 amide bonds. The number of carbonyl (C=O) groups excluding carboxylic acids is 2. The molecule has 154 valence electrons. The fourth-order valence-electron chi connectivity index (χ4n) is 2.77. The molecule has 0 aromatic heterocycles. The Bertz CT molecular complexity index is 669. The molecule has 1 fully saturated rings. The number of hydrogen-bond acceptors (Lipinski definition) is 5. The molecule has 1 heterocycles. The third kappa shape index (κ3) is 6.33. The molecule has 0 unspecified atom stereocenters. The maximum Gasteiger partial charge on any atom is 0.411 e. The Morgan fingerprint density at radius 1 is 1.07 bits per heavy atom. The molecule has 0 bridgehead atoms. The number of hydrogen-bond donors (Lipinski definition) is 2. The highest BCUT2D eigenvalue weighted by Crippen LogP contribution is 2.11. The van der Waals surface area contributed by atoms with Crippen molar-refractivity contribution >= 4 is 23.8 Å². The summed E-state index contributed by atoms with van der Waals surface area (Å²) in [4.78, 5) is 31.6. The van der Waals surface area contributed by atoms with Crippen molar-refractivity contribution in [1.29, 1.82) is 0 Å². The first-order chi connectivity index (χ1) is 13.6. The highest BCUT2D eigenvalue weighted by Gasteiger charge is 2.23. The minimum Gasteiger partial charge on any atom is -0.453 e. The normalized spacial score (nSPS) is 14.5. The van der Waals surface area contributed by atoms with Gasteiger partial charge in [0, 0.05) is 38.4 Å². The van der Waals surface area contributed by atoms with Crippen LogP contribution in [-0.4, -0.2) is 74.4 Å². The summed E-state index contributed by atoms with van der Waals surface area (Å²) in [6.45, 7) is 8.11. The average Bonchev–Trinajstić information content (AvgIpc) is 2.72. The molecule has 1 aromatic carbocycles. The number of aliphatic imine (C=N–C) groups is 1. The predicted molar refractivity (Wildman–Crippen MR) is 107 cm³/mol. The highest BCUT2D eigenvalue weighted by atomic mass is 16.6. The SMILES string of the molecule is CCNC(=NCc1ccc(NC(=O)OC)cc1)N1CCN(C(=O)OCC)CC1. The van der Waals surface area contributed by atoms with E-state index < -0.39 is 6.09 Å².